The van der Waals surface area contributed by atoms with Gasteiger partial charge in [-0.2, -0.15) is 0 Å². The Morgan fingerprint density at radius 1 is 1.27 bits per heavy atom. The van der Waals surface area contributed by atoms with Gasteiger partial charge < -0.3 is 10.9 Å². The second kappa shape index (κ2) is 2.96. The fraction of sp³-hybridized carbons (Fsp3) is 0.692. The van der Waals surface area contributed by atoms with Crippen LogP contribution in [-0.2, 0) is 4.74 Å². The molecule has 0 aromatic rings. The number of ether oxygens (including phenoxy) is 1. The first-order valence-electron chi connectivity index (χ1n) is 5.94. The molecular formula is C13H19NO. The van der Waals surface area contributed by atoms with Crippen LogP contribution in [-0.4, -0.2) is 12.7 Å². The van der Waals surface area contributed by atoms with E-state index in [2.05, 4.69) is 18.2 Å². The van der Waals surface area contributed by atoms with E-state index < -0.39 is 0 Å². The van der Waals surface area contributed by atoms with Gasteiger partial charge in [-0.1, -0.05) is 31.1 Å². The van der Waals surface area contributed by atoms with Crippen molar-refractivity contribution in [2.45, 2.75) is 31.8 Å². The van der Waals surface area contributed by atoms with Gasteiger partial charge in [-0.3, -0.25) is 0 Å². The first-order chi connectivity index (χ1) is 6.91. The smallest absolute Gasteiger partial charge is 0.0615 e. The SMILES string of the molecule is C1=CC23C1=CC2COC1CCCCC13.N. The summed E-state index contributed by atoms with van der Waals surface area (Å²) in [6.45, 7) is 0.981. The number of hydrogen-bond acceptors (Lipinski definition) is 2. The Hall–Kier alpha value is -0.600. The minimum absolute atomic E-state index is 0. The summed E-state index contributed by atoms with van der Waals surface area (Å²) in [5.41, 5.74) is 2.13. The molecule has 4 aliphatic rings. The number of allylic oxidation sites excluding steroid dienone is 3. The van der Waals surface area contributed by atoms with E-state index in [9.17, 15) is 0 Å². The van der Waals surface area contributed by atoms with Crippen molar-refractivity contribution in [2.75, 3.05) is 6.61 Å². The number of rotatable bonds is 0. The predicted molar refractivity (Wildman–Crippen MR) is 59.9 cm³/mol. The van der Waals surface area contributed by atoms with Crippen LogP contribution in [0.5, 0.6) is 0 Å². The van der Waals surface area contributed by atoms with Gasteiger partial charge in [0.1, 0.15) is 0 Å². The molecule has 2 nitrogen and oxygen atoms in total. The molecule has 1 spiro atoms. The van der Waals surface area contributed by atoms with Crippen LogP contribution in [0.15, 0.2) is 23.8 Å². The molecule has 1 heterocycles. The first-order valence-corrected chi connectivity index (χ1v) is 5.94. The third kappa shape index (κ3) is 0.925. The van der Waals surface area contributed by atoms with E-state index in [-0.39, 0.29) is 6.15 Å². The highest BCUT2D eigenvalue weighted by Crippen LogP contribution is 2.64. The summed E-state index contributed by atoms with van der Waals surface area (Å²) in [5.74, 6) is 1.54. The van der Waals surface area contributed by atoms with Gasteiger partial charge in [0.15, 0.2) is 0 Å². The molecule has 0 amide bonds. The van der Waals surface area contributed by atoms with Crippen molar-refractivity contribution in [3.8, 4) is 0 Å². The third-order valence-corrected chi connectivity index (χ3v) is 4.84. The molecule has 0 aromatic heterocycles. The molecule has 4 rings (SSSR count). The van der Waals surface area contributed by atoms with Crippen LogP contribution >= 0.6 is 0 Å². The average molecular weight is 205 g/mol. The van der Waals surface area contributed by atoms with Crippen LogP contribution in [0.3, 0.4) is 0 Å². The highest BCUT2D eigenvalue weighted by atomic mass is 16.5. The highest BCUT2D eigenvalue weighted by molar-refractivity contribution is 5.53. The molecule has 0 aromatic carbocycles. The van der Waals surface area contributed by atoms with Crippen molar-refractivity contribution in [3.05, 3.63) is 23.8 Å². The summed E-state index contributed by atoms with van der Waals surface area (Å²) in [5, 5.41) is 0. The number of fused-ring (bicyclic) bond motifs is 1. The van der Waals surface area contributed by atoms with Crippen molar-refractivity contribution >= 4 is 0 Å². The van der Waals surface area contributed by atoms with Crippen LogP contribution in [0, 0.1) is 17.3 Å². The van der Waals surface area contributed by atoms with Gasteiger partial charge in [0.2, 0.25) is 0 Å². The van der Waals surface area contributed by atoms with Crippen molar-refractivity contribution in [3.63, 3.8) is 0 Å². The van der Waals surface area contributed by atoms with E-state index in [0.717, 1.165) is 18.4 Å². The van der Waals surface area contributed by atoms with Crippen LogP contribution in [0.2, 0.25) is 0 Å². The Kier molecular flexibility index (Phi) is 1.89. The summed E-state index contributed by atoms with van der Waals surface area (Å²) in [7, 11) is 0. The summed E-state index contributed by atoms with van der Waals surface area (Å²) in [6, 6.07) is 0. The lowest BCUT2D eigenvalue weighted by atomic mass is 9.46. The molecule has 4 atom stereocenters. The lowest BCUT2D eigenvalue weighted by molar-refractivity contribution is -0.128. The molecule has 2 fully saturated rings. The van der Waals surface area contributed by atoms with Gasteiger partial charge in [-0.25, -0.2) is 0 Å². The maximum atomic E-state index is 5.98. The monoisotopic (exact) mass is 205 g/mol. The van der Waals surface area contributed by atoms with Gasteiger partial charge in [-0.15, -0.1) is 0 Å². The molecule has 82 valence electrons. The molecule has 15 heavy (non-hydrogen) atoms. The number of hydrogen-bond donors (Lipinski definition) is 1. The molecule has 2 heteroatoms. The van der Waals surface area contributed by atoms with Gasteiger partial charge in [0.25, 0.3) is 0 Å². The Labute approximate surface area is 91.0 Å². The quantitative estimate of drug-likeness (QED) is 0.661. The average Bonchev–Trinajstić information content (AvgIpc) is 2.23. The Morgan fingerprint density at radius 3 is 2.87 bits per heavy atom. The van der Waals surface area contributed by atoms with Gasteiger partial charge >= 0.3 is 0 Å². The zero-order chi connectivity index (χ0) is 9.17. The summed E-state index contributed by atoms with van der Waals surface area (Å²) >= 11 is 0. The Bertz CT molecular complexity index is 346. The molecule has 4 unspecified atom stereocenters. The lowest BCUT2D eigenvalue weighted by Gasteiger charge is -2.61. The second-order valence-corrected chi connectivity index (χ2v) is 5.26. The molecule has 1 saturated heterocycles. The summed E-state index contributed by atoms with van der Waals surface area (Å²) < 4.78 is 5.98. The Balaban J connectivity index is 0.000000722. The second-order valence-electron chi connectivity index (χ2n) is 5.26. The van der Waals surface area contributed by atoms with Crippen LogP contribution in [0.4, 0.5) is 0 Å². The normalized spacial score (nSPS) is 49.6. The molecule has 0 bridgehead atoms. The van der Waals surface area contributed by atoms with Crippen molar-refractivity contribution < 1.29 is 4.74 Å². The fourth-order valence-corrected chi connectivity index (χ4v) is 4.04. The standard InChI is InChI=1S/C13H16O.H3N/c1-2-4-12-11(3-1)13-6-5-9(13)7-10(13)8-14-12;/h5-7,10-12H,1-4,8H2;1H3. The molecule has 3 N–H and O–H groups in total. The zero-order valence-corrected chi connectivity index (χ0v) is 9.11. The molecule has 3 aliphatic carbocycles. The maximum Gasteiger partial charge on any atom is 0.0615 e. The Morgan fingerprint density at radius 2 is 2.13 bits per heavy atom. The van der Waals surface area contributed by atoms with Crippen LogP contribution in [0.1, 0.15) is 25.7 Å². The minimum Gasteiger partial charge on any atom is -0.377 e. The van der Waals surface area contributed by atoms with Crippen molar-refractivity contribution in [2.24, 2.45) is 17.3 Å². The molecule has 1 saturated carbocycles. The minimum atomic E-state index is 0. The van der Waals surface area contributed by atoms with Gasteiger partial charge in [0.05, 0.1) is 12.7 Å². The molecule has 1 aliphatic heterocycles. The summed E-state index contributed by atoms with van der Waals surface area (Å²) in [4.78, 5) is 0. The van der Waals surface area contributed by atoms with E-state index in [1.54, 1.807) is 5.57 Å². The molecular weight excluding hydrogens is 186 g/mol. The van der Waals surface area contributed by atoms with E-state index in [0.29, 0.717) is 11.5 Å². The third-order valence-electron chi connectivity index (χ3n) is 4.84. The van der Waals surface area contributed by atoms with Crippen LogP contribution < -0.4 is 6.15 Å². The van der Waals surface area contributed by atoms with Crippen molar-refractivity contribution in [1.29, 1.82) is 0 Å². The fourth-order valence-electron chi connectivity index (χ4n) is 4.04. The zero-order valence-electron chi connectivity index (χ0n) is 9.11. The molecule has 0 radical (unpaired) electrons. The topological polar surface area (TPSA) is 44.2 Å². The van der Waals surface area contributed by atoms with E-state index in [4.69, 9.17) is 4.74 Å². The first kappa shape index (κ1) is 9.61. The maximum absolute atomic E-state index is 5.98. The van der Waals surface area contributed by atoms with Crippen LogP contribution in [0.25, 0.3) is 0 Å². The van der Waals surface area contributed by atoms with E-state index in [1.807, 2.05) is 0 Å². The van der Waals surface area contributed by atoms with E-state index >= 15 is 0 Å². The van der Waals surface area contributed by atoms with Gasteiger partial charge in [-0.05, 0) is 24.3 Å². The van der Waals surface area contributed by atoms with Crippen molar-refractivity contribution in [1.82, 2.24) is 6.15 Å². The largest absolute Gasteiger partial charge is 0.377 e. The van der Waals surface area contributed by atoms with E-state index in [1.165, 1.54) is 25.7 Å². The summed E-state index contributed by atoms with van der Waals surface area (Å²) in [6.07, 6.45) is 13.3. The predicted octanol–water partition coefficient (Wildman–Crippen LogP) is 2.85. The van der Waals surface area contributed by atoms with Gasteiger partial charge in [0, 0.05) is 11.3 Å². The lowest BCUT2D eigenvalue weighted by Crippen LogP contribution is -2.58. The highest BCUT2D eigenvalue weighted by Gasteiger charge is 2.59.